The molecule has 0 saturated carbocycles. The number of rotatable bonds is 4. The van der Waals surface area contributed by atoms with Crippen molar-refractivity contribution in [1.29, 1.82) is 0 Å². The molecule has 0 radical (unpaired) electrons. The van der Waals surface area contributed by atoms with Crippen molar-refractivity contribution in [3.63, 3.8) is 0 Å². The van der Waals surface area contributed by atoms with Crippen LogP contribution in [0.25, 0.3) is 0 Å². The molecule has 2 nitrogen and oxygen atoms in total. The number of halogens is 2. The molecule has 0 aliphatic rings. The summed E-state index contributed by atoms with van der Waals surface area (Å²) in [5.41, 5.74) is 1.04. The van der Waals surface area contributed by atoms with Crippen molar-refractivity contribution in [3.05, 3.63) is 59.8 Å². The van der Waals surface area contributed by atoms with Crippen molar-refractivity contribution in [1.82, 2.24) is 4.98 Å². The molecule has 0 amide bonds. The van der Waals surface area contributed by atoms with Crippen LogP contribution in [0.5, 0.6) is 0 Å². The van der Waals surface area contributed by atoms with Gasteiger partial charge in [-0.05, 0) is 43.2 Å². The van der Waals surface area contributed by atoms with Crippen LogP contribution in [0.2, 0.25) is 0 Å². The summed E-state index contributed by atoms with van der Waals surface area (Å²) in [5.74, 6) is 0.0392. The molecule has 0 aliphatic heterocycles. The summed E-state index contributed by atoms with van der Waals surface area (Å²) in [4.78, 5) is 3.93. The van der Waals surface area contributed by atoms with Gasteiger partial charge in [0.15, 0.2) is 0 Å². The van der Waals surface area contributed by atoms with E-state index in [1.165, 1.54) is 24.4 Å². The maximum Gasteiger partial charge on any atom is 0.141 e. The van der Waals surface area contributed by atoms with Gasteiger partial charge >= 0.3 is 0 Å². The van der Waals surface area contributed by atoms with Gasteiger partial charge in [0.25, 0.3) is 0 Å². The van der Waals surface area contributed by atoms with Gasteiger partial charge in [-0.1, -0.05) is 12.1 Å². The topological polar surface area (TPSA) is 24.9 Å². The third-order valence-corrected chi connectivity index (χ3v) is 2.58. The van der Waals surface area contributed by atoms with Crippen LogP contribution in [0, 0.1) is 11.6 Å². The van der Waals surface area contributed by atoms with Gasteiger partial charge in [0.2, 0.25) is 0 Å². The van der Waals surface area contributed by atoms with E-state index in [1.807, 2.05) is 6.92 Å². The number of anilines is 1. The summed E-state index contributed by atoms with van der Waals surface area (Å²) >= 11 is 0. The summed E-state index contributed by atoms with van der Waals surface area (Å²) in [5, 5.41) is 3.16. The first kappa shape index (κ1) is 12.5. The molecule has 18 heavy (non-hydrogen) atoms. The Bertz CT molecular complexity index is 447. The first-order valence-corrected chi connectivity index (χ1v) is 5.76. The van der Waals surface area contributed by atoms with Crippen LogP contribution in [0.3, 0.4) is 0 Å². The second kappa shape index (κ2) is 5.58. The molecule has 1 N–H and O–H groups in total. The SMILES string of the molecule is CC(Cc1ccc(F)cc1)Nc1ccc(F)cn1. The zero-order valence-corrected chi connectivity index (χ0v) is 10.0. The second-order valence-corrected chi connectivity index (χ2v) is 4.24. The third-order valence-electron chi connectivity index (χ3n) is 2.58. The van der Waals surface area contributed by atoms with Crippen molar-refractivity contribution in [2.75, 3.05) is 5.32 Å². The smallest absolute Gasteiger partial charge is 0.141 e. The quantitative estimate of drug-likeness (QED) is 0.897. The first-order valence-electron chi connectivity index (χ1n) is 5.76. The summed E-state index contributed by atoms with van der Waals surface area (Å²) in [7, 11) is 0. The van der Waals surface area contributed by atoms with E-state index in [0.717, 1.165) is 12.0 Å². The zero-order valence-electron chi connectivity index (χ0n) is 10.0. The van der Waals surface area contributed by atoms with Gasteiger partial charge in [-0.3, -0.25) is 0 Å². The number of hydrogen-bond donors (Lipinski definition) is 1. The highest BCUT2D eigenvalue weighted by molar-refractivity contribution is 5.35. The number of benzene rings is 1. The number of nitrogens with zero attached hydrogens (tertiary/aromatic N) is 1. The first-order chi connectivity index (χ1) is 8.63. The van der Waals surface area contributed by atoms with Crippen molar-refractivity contribution < 1.29 is 8.78 Å². The molecule has 94 valence electrons. The van der Waals surface area contributed by atoms with Crippen LogP contribution < -0.4 is 5.32 Å². The van der Waals surface area contributed by atoms with Crippen molar-refractivity contribution >= 4 is 5.82 Å². The minimum atomic E-state index is -0.355. The Labute approximate surface area is 105 Å². The number of aromatic nitrogens is 1. The van der Waals surface area contributed by atoms with E-state index in [0.29, 0.717) is 5.82 Å². The number of pyridine rings is 1. The monoisotopic (exact) mass is 248 g/mol. The largest absolute Gasteiger partial charge is 0.367 e. The highest BCUT2D eigenvalue weighted by atomic mass is 19.1. The van der Waals surface area contributed by atoms with Gasteiger partial charge in [0.05, 0.1) is 6.20 Å². The predicted molar refractivity (Wildman–Crippen MR) is 67.4 cm³/mol. The van der Waals surface area contributed by atoms with Crippen LogP contribution in [0.4, 0.5) is 14.6 Å². The zero-order chi connectivity index (χ0) is 13.0. The molecule has 1 atom stereocenters. The normalized spacial score (nSPS) is 12.2. The average molecular weight is 248 g/mol. The molecule has 1 unspecified atom stereocenters. The lowest BCUT2D eigenvalue weighted by atomic mass is 10.1. The minimum Gasteiger partial charge on any atom is -0.367 e. The predicted octanol–water partition coefficient (Wildman–Crippen LogP) is 3.40. The van der Waals surface area contributed by atoms with Crippen LogP contribution >= 0.6 is 0 Å². The molecule has 0 spiro atoms. The van der Waals surface area contributed by atoms with Gasteiger partial charge in [0.1, 0.15) is 17.5 Å². The van der Waals surface area contributed by atoms with Crippen molar-refractivity contribution in [3.8, 4) is 0 Å². The van der Waals surface area contributed by atoms with E-state index in [1.54, 1.807) is 18.2 Å². The van der Waals surface area contributed by atoms with E-state index in [4.69, 9.17) is 0 Å². The van der Waals surface area contributed by atoms with Crippen molar-refractivity contribution in [2.45, 2.75) is 19.4 Å². The minimum absolute atomic E-state index is 0.133. The Hall–Kier alpha value is -1.97. The fraction of sp³-hybridized carbons (Fsp3) is 0.214. The van der Waals surface area contributed by atoms with Gasteiger partial charge in [-0.25, -0.2) is 13.8 Å². The van der Waals surface area contributed by atoms with Crippen LogP contribution in [0.1, 0.15) is 12.5 Å². The molecule has 1 heterocycles. The fourth-order valence-corrected chi connectivity index (χ4v) is 1.74. The van der Waals surface area contributed by atoms with E-state index >= 15 is 0 Å². The van der Waals surface area contributed by atoms with E-state index in [9.17, 15) is 8.78 Å². The molecule has 4 heteroatoms. The molecule has 0 saturated heterocycles. The molecule has 2 rings (SSSR count). The Balaban J connectivity index is 1.94. The van der Waals surface area contributed by atoms with Crippen molar-refractivity contribution in [2.24, 2.45) is 0 Å². The molecular weight excluding hydrogens is 234 g/mol. The molecule has 2 aromatic rings. The maximum absolute atomic E-state index is 12.7. The molecule has 0 fully saturated rings. The van der Waals surface area contributed by atoms with Gasteiger partial charge in [-0.15, -0.1) is 0 Å². The van der Waals surface area contributed by atoms with Gasteiger partial charge in [-0.2, -0.15) is 0 Å². The van der Waals surface area contributed by atoms with E-state index < -0.39 is 0 Å². The van der Waals surface area contributed by atoms with Crippen LogP contribution in [-0.4, -0.2) is 11.0 Å². The average Bonchev–Trinajstić information content (AvgIpc) is 2.35. The highest BCUT2D eigenvalue weighted by Gasteiger charge is 2.04. The summed E-state index contributed by atoms with van der Waals surface area (Å²) in [6.45, 7) is 1.99. The molecule has 0 aliphatic carbocycles. The lowest BCUT2D eigenvalue weighted by Gasteiger charge is -2.14. The Morgan fingerprint density at radius 1 is 1.06 bits per heavy atom. The standard InChI is InChI=1S/C14H14F2N2/c1-10(8-11-2-4-12(15)5-3-11)18-14-7-6-13(16)9-17-14/h2-7,9-10H,8H2,1H3,(H,17,18). The Kier molecular flexibility index (Phi) is 3.87. The molecule has 1 aromatic heterocycles. The highest BCUT2D eigenvalue weighted by Crippen LogP contribution is 2.10. The van der Waals surface area contributed by atoms with Gasteiger partial charge < -0.3 is 5.32 Å². The van der Waals surface area contributed by atoms with Gasteiger partial charge in [0, 0.05) is 6.04 Å². The lowest BCUT2D eigenvalue weighted by molar-refractivity contribution is 0.621. The molecule has 0 bridgehead atoms. The summed E-state index contributed by atoms with van der Waals surface area (Å²) in [6, 6.07) is 9.48. The Morgan fingerprint density at radius 3 is 2.33 bits per heavy atom. The summed E-state index contributed by atoms with van der Waals surface area (Å²) < 4.78 is 25.4. The fourth-order valence-electron chi connectivity index (χ4n) is 1.74. The second-order valence-electron chi connectivity index (χ2n) is 4.24. The summed E-state index contributed by atoms with van der Waals surface area (Å²) in [6.07, 6.45) is 1.92. The van der Waals surface area contributed by atoms with E-state index in [2.05, 4.69) is 10.3 Å². The van der Waals surface area contributed by atoms with Crippen LogP contribution in [-0.2, 0) is 6.42 Å². The molecular formula is C14H14F2N2. The third kappa shape index (κ3) is 3.52. The number of hydrogen-bond acceptors (Lipinski definition) is 2. The van der Waals surface area contributed by atoms with Crippen LogP contribution in [0.15, 0.2) is 42.6 Å². The molecule has 1 aromatic carbocycles. The Morgan fingerprint density at radius 2 is 1.72 bits per heavy atom. The maximum atomic E-state index is 12.7. The van der Waals surface area contributed by atoms with E-state index in [-0.39, 0.29) is 17.7 Å². The lowest BCUT2D eigenvalue weighted by Crippen LogP contribution is -2.18. The number of nitrogens with one attached hydrogen (secondary N) is 1.